The highest BCUT2D eigenvalue weighted by Gasteiger charge is 2.16. The maximum absolute atomic E-state index is 12.8. The molecule has 0 radical (unpaired) electrons. The number of benzene rings is 2. The van der Waals surface area contributed by atoms with Crippen LogP contribution < -0.4 is 15.4 Å². The molecule has 6 nitrogen and oxygen atoms in total. The van der Waals surface area contributed by atoms with Crippen molar-refractivity contribution in [1.29, 1.82) is 0 Å². The summed E-state index contributed by atoms with van der Waals surface area (Å²) < 4.78 is 10.4. The Hall–Kier alpha value is -3.80. The van der Waals surface area contributed by atoms with Crippen molar-refractivity contribution in [3.8, 4) is 5.75 Å². The van der Waals surface area contributed by atoms with Crippen molar-refractivity contribution in [3.05, 3.63) is 89.5 Å². The summed E-state index contributed by atoms with van der Waals surface area (Å²) in [7, 11) is 1.55. The molecule has 0 saturated heterocycles. The number of ether oxygens (including phenoxy) is 1. The third-order valence-electron chi connectivity index (χ3n) is 4.29. The van der Waals surface area contributed by atoms with Gasteiger partial charge in [-0.15, -0.1) is 0 Å². The lowest BCUT2D eigenvalue weighted by Gasteiger charge is -2.11. The summed E-state index contributed by atoms with van der Waals surface area (Å²) in [6.07, 6.45) is 3.89. The first-order chi connectivity index (χ1) is 14.1. The maximum atomic E-state index is 12.8. The summed E-state index contributed by atoms with van der Waals surface area (Å²) >= 11 is 0. The van der Waals surface area contributed by atoms with E-state index >= 15 is 0 Å². The van der Waals surface area contributed by atoms with Crippen LogP contribution in [0.15, 0.2) is 77.0 Å². The van der Waals surface area contributed by atoms with Crippen LogP contribution in [0.4, 0.5) is 5.69 Å². The minimum Gasteiger partial charge on any atom is -0.497 e. The van der Waals surface area contributed by atoms with E-state index in [1.807, 2.05) is 24.3 Å². The van der Waals surface area contributed by atoms with Gasteiger partial charge in [-0.2, -0.15) is 0 Å². The van der Waals surface area contributed by atoms with Gasteiger partial charge in [0.2, 0.25) is 0 Å². The molecular weight excluding hydrogens is 368 g/mol. The van der Waals surface area contributed by atoms with Gasteiger partial charge in [0.15, 0.2) is 0 Å². The second-order valence-corrected chi connectivity index (χ2v) is 6.26. The molecule has 0 fully saturated rings. The van der Waals surface area contributed by atoms with Crippen LogP contribution in [0, 0.1) is 0 Å². The van der Waals surface area contributed by atoms with E-state index in [0.717, 1.165) is 6.42 Å². The summed E-state index contributed by atoms with van der Waals surface area (Å²) in [4.78, 5) is 25.4. The fourth-order valence-electron chi connectivity index (χ4n) is 2.63. The lowest BCUT2D eigenvalue weighted by Crippen LogP contribution is -2.30. The topological polar surface area (TPSA) is 80.6 Å². The van der Waals surface area contributed by atoms with Gasteiger partial charge in [-0.25, -0.2) is 0 Å². The molecule has 0 saturated carbocycles. The molecule has 6 heteroatoms. The van der Waals surface area contributed by atoms with Crippen LogP contribution in [-0.2, 0) is 11.2 Å². The first-order valence-electron chi connectivity index (χ1n) is 9.20. The Morgan fingerprint density at radius 1 is 1.03 bits per heavy atom. The van der Waals surface area contributed by atoms with Gasteiger partial charge in [0.05, 0.1) is 13.4 Å². The lowest BCUT2D eigenvalue weighted by molar-refractivity contribution is -0.113. The molecule has 148 valence electrons. The largest absolute Gasteiger partial charge is 0.497 e. The zero-order valence-electron chi connectivity index (χ0n) is 16.3. The number of hydrogen-bond donors (Lipinski definition) is 2. The van der Waals surface area contributed by atoms with Crippen LogP contribution >= 0.6 is 0 Å². The molecule has 29 heavy (non-hydrogen) atoms. The van der Waals surface area contributed by atoms with E-state index in [9.17, 15) is 9.59 Å². The van der Waals surface area contributed by atoms with E-state index in [1.165, 1.54) is 17.9 Å². The van der Waals surface area contributed by atoms with Crippen LogP contribution in [0.1, 0.15) is 28.6 Å². The molecule has 2 aromatic carbocycles. The van der Waals surface area contributed by atoms with E-state index in [0.29, 0.717) is 22.8 Å². The van der Waals surface area contributed by atoms with E-state index < -0.39 is 11.8 Å². The third kappa shape index (κ3) is 5.35. The smallest absolute Gasteiger partial charge is 0.272 e. The highest BCUT2D eigenvalue weighted by atomic mass is 16.5. The molecule has 0 aliphatic rings. The summed E-state index contributed by atoms with van der Waals surface area (Å²) in [5, 5.41) is 5.46. The van der Waals surface area contributed by atoms with Gasteiger partial charge < -0.3 is 19.8 Å². The fourth-order valence-corrected chi connectivity index (χ4v) is 2.63. The first-order valence-corrected chi connectivity index (χ1v) is 9.20. The molecule has 0 aliphatic heterocycles. The van der Waals surface area contributed by atoms with E-state index in [4.69, 9.17) is 9.15 Å². The number of hydrogen-bond acceptors (Lipinski definition) is 4. The molecule has 1 heterocycles. The predicted octanol–water partition coefficient (Wildman–Crippen LogP) is 4.26. The quantitative estimate of drug-likeness (QED) is 0.591. The van der Waals surface area contributed by atoms with Gasteiger partial charge in [-0.3, -0.25) is 9.59 Å². The second kappa shape index (κ2) is 9.41. The SMILES string of the molecule is CCc1ccc(NC(=O)/C(=C/c2ccco2)NC(=O)c2ccc(OC)cc2)cc1. The third-order valence-corrected chi connectivity index (χ3v) is 4.29. The van der Waals surface area contributed by atoms with Crippen molar-refractivity contribution in [2.75, 3.05) is 12.4 Å². The number of aryl methyl sites for hydroxylation is 1. The minimum absolute atomic E-state index is 0.0698. The van der Waals surface area contributed by atoms with Crippen LogP contribution in [0.5, 0.6) is 5.75 Å². The number of carbonyl (C=O) groups is 2. The molecular formula is C23H22N2O4. The number of furan rings is 1. The Kier molecular flexibility index (Phi) is 6.47. The summed E-state index contributed by atoms with van der Waals surface area (Å²) in [5.41, 5.74) is 2.27. The van der Waals surface area contributed by atoms with Crippen LogP contribution in [0.3, 0.4) is 0 Å². The lowest BCUT2D eigenvalue weighted by atomic mass is 10.1. The first kappa shape index (κ1) is 19.9. The zero-order valence-corrected chi connectivity index (χ0v) is 16.3. The van der Waals surface area contributed by atoms with Crippen molar-refractivity contribution >= 4 is 23.6 Å². The molecule has 0 atom stereocenters. The zero-order chi connectivity index (χ0) is 20.6. The number of anilines is 1. The van der Waals surface area contributed by atoms with Gasteiger partial charge in [0.1, 0.15) is 17.2 Å². The summed E-state index contributed by atoms with van der Waals surface area (Å²) in [6.45, 7) is 2.06. The average Bonchev–Trinajstić information content (AvgIpc) is 3.27. The number of methoxy groups -OCH3 is 1. The molecule has 0 unspecified atom stereocenters. The number of carbonyl (C=O) groups excluding carboxylic acids is 2. The standard InChI is InChI=1S/C23H22N2O4/c1-3-16-6-10-18(11-7-16)24-23(27)21(15-20-5-4-14-29-20)25-22(26)17-8-12-19(28-2)13-9-17/h4-15H,3H2,1-2H3,(H,24,27)(H,25,26)/b21-15-. The van der Waals surface area contributed by atoms with Gasteiger partial charge in [-0.1, -0.05) is 19.1 Å². The van der Waals surface area contributed by atoms with Gasteiger partial charge in [0, 0.05) is 17.3 Å². The highest BCUT2D eigenvalue weighted by Crippen LogP contribution is 2.15. The van der Waals surface area contributed by atoms with Gasteiger partial charge in [0.25, 0.3) is 11.8 Å². The molecule has 0 spiro atoms. The average molecular weight is 390 g/mol. The monoisotopic (exact) mass is 390 g/mol. The molecule has 3 rings (SSSR count). The molecule has 3 aromatic rings. The molecule has 2 N–H and O–H groups in total. The molecule has 1 aromatic heterocycles. The molecule has 0 aliphatic carbocycles. The Morgan fingerprint density at radius 2 is 1.76 bits per heavy atom. The number of nitrogens with one attached hydrogen (secondary N) is 2. The summed E-state index contributed by atoms with van der Waals surface area (Å²) in [6, 6.07) is 17.6. The number of rotatable bonds is 7. The van der Waals surface area contributed by atoms with E-state index in [2.05, 4.69) is 17.6 Å². The fraction of sp³-hybridized carbons (Fsp3) is 0.130. The van der Waals surface area contributed by atoms with Crippen molar-refractivity contribution in [2.24, 2.45) is 0 Å². The normalized spacial score (nSPS) is 11.0. The van der Waals surface area contributed by atoms with Crippen LogP contribution in [0.2, 0.25) is 0 Å². The summed E-state index contributed by atoms with van der Waals surface area (Å²) in [5.74, 6) is 0.224. The molecule has 0 bridgehead atoms. The second-order valence-electron chi connectivity index (χ2n) is 6.26. The maximum Gasteiger partial charge on any atom is 0.272 e. The van der Waals surface area contributed by atoms with Gasteiger partial charge in [-0.05, 0) is 60.5 Å². The van der Waals surface area contributed by atoms with Crippen molar-refractivity contribution in [3.63, 3.8) is 0 Å². The van der Waals surface area contributed by atoms with Crippen molar-refractivity contribution < 1.29 is 18.7 Å². The Labute approximate surface area is 169 Å². The Morgan fingerprint density at radius 3 is 2.34 bits per heavy atom. The highest BCUT2D eigenvalue weighted by molar-refractivity contribution is 6.10. The van der Waals surface area contributed by atoms with Crippen molar-refractivity contribution in [2.45, 2.75) is 13.3 Å². The van der Waals surface area contributed by atoms with Crippen LogP contribution in [-0.4, -0.2) is 18.9 Å². The van der Waals surface area contributed by atoms with Crippen LogP contribution in [0.25, 0.3) is 6.08 Å². The van der Waals surface area contributed by atoms with Gasteiger partial charge >= 0.3 is 0 Å². The Bertz CT molecular complexity index is 988. The van der Waals surface area contributed by atoms with E-state index in [-0.39, 0.29) is 5.70 Å². The predicted molar refractivity (Wildman–Crippen MR) is 112 cm³/mol. The number of amides is 2. The Balaban J connectivity index is 1.79. The van der Waals surface area contributed by atoms with E-state index in [1.54, 1.807) is 43.5 Å². The minimum atomic E-state index is -0.451. The van der Waals surface area contributed by atoms with Crippen molar-refractivity contribution in [1.82, 2.24) is 5.32 Å². The molecule has 2 amide bonds.